The Kier molecular flexibility index (Phi) is 7.70. The zero-order valence-electron chi connectivity index (χ0n) is 12.7. The van der Waals surface area contributed by atoms with Crippen molar-refractivity contribution >= 4 is 17.5 Å². The topological polar surface area (TPSA) is 85.7 Å². The van der Waals surface area contributed by atoms with Crippen LogP contribution in [0.2, 0.25) is 0 Å². The van der Waals surface area contributed by atoms with Gasteiger partial charge in [-0.05, 0) is 13.0 Å². The fraction of sp³-hybridized carbons (Fsp3) is 0.250. The number of ether oxygens (including phenoxy) is 2. The van der Waals surface area contributed by atoms with Gasteiger partial charge in [0.25, 0.3) is 5.78 Å². The predicted molar refractivity (Wildman–Crippen MR) is 64.3 cm³/mol. The normalized spacial score (nSPS) is 11.4. The first-order valence-electron chi connectivity index (χ1n) is 5.56. The zero-order valence-corrected chi connectivity index (χ0v) is 11.7. The van der Waals surface area contributed by atoms with Crippen molar-refractivity contribution in [1.29, 1.82) is 0 Å². The molecule has 0 amide bonds. The smallest absolute Gasteiger partial charge is 1.00 e. The van der Waals surface area contributed by atoms with E-state index in [0.29, 0.717) is 6.08 Å². The standard InChI is InChI=1S/C12H10F3NO5.Li.H/c1-2-20-11(19)10(18)4-9(17)7-3-8(6-16-5-7)21-12(13,14)15;;/h3-6,17H,2H2,1H3;;/q;+1;-1. The van der Waals surface area contributed by atoms with Gasteiger partial charge in [0, 0.05) is 17.8 Å². The Bertz CT molecular complexity index is 580. The molecule has 0 fully saturated rings. The van der Waals surface area contributed by atoms with E-state index in [0.717, 1.165) is 18.5 Å². The molecule has 1 aromatic rings. The van der Waals surface area contributed by atoms with Crippen LogP contribution in [0.5, 0.6) is 5.75 Å². The van der Waals surface area contributed by atoms with Crippen molar-refractivity contribution in [1.82, 2.24) is 4.98 Å². The van der Waals surface area contributed by atoms with Crippen molar-refractivity contribution in [2.24, 2.45) is 0 Å². The minimum Gasteiger partial charge on any atom is -1.00 e. The summed E-state index contributed by atoms with van der Waals surface area (Å²) in [6.07, 6.45) is -2.63. The zero-order chi connectivity index (χ0) is 16.0. The summed E-state index contributed by atoms with van der Waals surface area (Å²) < 4.78 is 44.1. The minimum absolute atomic E-state index is 0. The molecule has 0 aliphatic carbocycles. The van der Waals surface area contributed by atoms with Crippen molar-refractivity contribution in [3.63, 3.8) is 0 Å². The van der Waals surface area contributed by atoms with Gasteiger partial charge < -0.3 is 16.0 Å². The number of aromatic nitrogens is 1. The Balaban J connectivity index is 0. The SMILES string of the molecule is CCOC(=O)C(=O)C=C(O)c1cncc(OC(F)(F)F)c1.[H-].[Li+]. The van der Waals surface area contributed by atoms with Crippen LogP contribution >= 0.6 is 0 Å². The van der Waals surface area contributed by atoms with Crippen LogP contribution in [0.1, 0.15) is 13.9 Å². The van der Waals surface area contributed by atoms with Crippen LogP contribution in [0.4, 0.5) is 13.2 Å². The Morgan fingerprint density at radius 3 is 2.59 bits per heavy atom. The van der Waals surface area contributed by atoms with E-state index in [4.69, 9.17) is 0 Å². The summed E-state index contributed by atoms with van der Waals surface area (Å²) in [5, 5.41) is 9.59. The van der Waals surface area contributed by atoms with Crippen molar-refractivity contribution < 1.29 is 57.6 Å². The molecule has 1 rings (SSSR count). The van der Waals surface area contributed by atoms with Crippen molar-refractivity contribution in [2.45, 2.75) is 13.3 Å². The minimum atomic E-state index is -4.92. The number of ketones is 1. The predicted octanol–water partition coefficient (Wildman–Crippen LogP) is -0.872. The van der Waals surface area contributed by atoms with E-state index in [1.54, 1.807) is 0 Å². The maximum Gasteiger partial charge on any atom is 1.00 e. The van der Waals surface area contributed by atoms with Gasteiger partial charge in [-0.25, -0.2) is 4.79 Å². The van der Waals surface area contributed by atoms with Crippen LogP contribution < -0.4 is 23.6 Å². The van der Waals surface area contributed by atoms with E-state index in [2.05, 4.69) is 14.5 Å². The molecule has 22 heavy (non-hydrogen) atoms. The van der Waals surface area contributed by atoms with Gasteiger partial charge >= 0.3 is 31.2 Å². The van der Waals surface area contributed by atoms with Crippen LogP contribution in [0, 0.1) is 0 Å². The first kappa shape index (κ1) is 20.0. The first-order chi connectivity index (χ1) is 9.73. The number of hydrogen-bond acceptors (Lipinski definition) is 6. The van der Waals surface area contributed by atoms with E-state index < -0.39 is 29.6 Å². The Labute approximate surface area is 136 Å². The number of halogens is 3. The summed E-state index contributed by atoms with van der Waals surface area (Å²) >= 11 is 0. The second kappa shape index (κ2) is 8.46. The fourth-order valence-electron chi connectivity index (χ4n) is 1.22. The third-order valence-electron chi connectivity index (χ3n) is 1.99. The maximum absolute atomic E-state index is 12.0. The van der Waals surface area contributed by atoms with Gasteiger partial charge in [-0.1, -0.05) is 0 Å². The molecule has 1 aromatic heterocycles. The third-order valence-corrected chi connectivity index (χ3v) is 1.99. The number of pyridine rings is 1. The summed E-state index contributed by atoms with van der Waals surface area (Å²) in [6, 6.07) is 0.810. The molecule has 0 spiro atoms. The third kappa shape index (κ3) is 6.65. The molecular formula is C12H11F3LiNO5. The molecule has 0 unspecified atom stereocenters. The van der Waals surface area contributed by atoms with Crippen LogP contribution in [0.3, 0.4) is 0 Å². The number of hydrogen-bond donors (Lipinski definition) is 1. The first-order valence-corrected chi connectivity index (χ1v) is 5.56. The van der Waals surface area contributed by atoms with Gasteiger partial charge in [-0.2, -0.15) is 0 Å². The molecule has 6 nitrogen and oxygen atoms in total. The Hall–Kier alpha value is -1.98. The monoisotopic (exact) mass is 313 g/mol. The molecule has 0 aliphatic rings. The van der Waals surface area contributed by atoms with Crippen LogP contribution in [-0.4, -0.2) is 34.8 Å². The van der Waals surface area contributed by atoms with Gasteiger partial charge in [0.15, 0.2) is 0 Å². The van der Waals surface area contributed by atoms with Gasteiger partial charge in [-0.15, -0.1) is 13.2 Å². The number of aliphatic hydroxyl groups is 1. The molecule has 1 N–H and O–H groups in total. The van der Waals surface area contributed by atoms with E-state index in [-0.39, 0.29) is 32.5 Å². The van der Waals surface area contributed by atoms with Crippen LogP contribution in [-0.2, 0) is 14.3 Å². The summed E-state index contributed by atoms with van der Waals surface area (Å²) in [5.41, 5.74) is -0.227. The molecule has 1 heterocycles. The van der Waals surface area contributed by atoms with Gasteiger partial charge in [0.05, 0.1) is 12.8 Å². The van der Waals surface area contributed by atoms with E-state index in [1.807, 2.05) is 0 Å². The summed E-state index contributed by atoms with van der Waals surface area (Å²) in [6.45, 7) is 1.45. The number of carbonyl (C=O) groups excluding carboxylic acids is 2. The summed E-state index contributed by atoms with van der Waals surface area (Å²) in [5.74, 6) is -3.77. The molecule has 0 atom stereocenters. The number of aliphatic hydroxyl groups excluding tert-OH is 1. The Morgan fingerprint density at radius 2 is 2.05 bits per heavy atom. The second-order valence-corrected chi connectivity index (χ2v) is 3.57. The number of alkyl halides is 3. The Morgan fingerprint density at radius 1 is 1.41 bits per heavy atom. The molecule has 0 aromatic carbocycles. The second-order valence-electron chi connectivity index (χ2n) is 3.57. The number of esters is 1. The molecule has 0 saturated heterocycles. The average Bonchev–Trinajstić information content (AvgIpc) is 2.37. The quantitative estimate of drug-likeness (QED) is 0.250. The molecule has 0 aliphatic heterocycles. The number of carbonyl (C=O) groups is 2. The molecular weight excluding hydrogens is 302 g/mol. The van der Waals surface area contributed by atoms with Crippen LogP contribution in [0.25, 0.3) is 5.76 Å². The average molecular weight is 313 g/mol. The number of rotatable bonds is 5. The summed E-state index contributed by atoms with van der Waals surface area (Å²) in [4.78, 5) is 25.8. The van der Waals surface area contributed by atoms with Gasteiger partial charge in [0.1, 0.15) is 11.5 Å². The summed E-state index contributed by atoms with van der Waals surface area (Å²) in [7, 11) is 0. The fourth-order valence-corrected chi connectivity index (χ4v) is 1.22. The maximum atomic E-state index is 12.0. The molecule has 116 valence electrons. The van der Waals surface area contributed by atoms with Gasteiger partial charge in [-0.3, -0.25) is 9.78 Å². The van der Waals surface area contributed by atoms with Gasteiger partial charge in [0.2, 0.25) is 0 Å². The van der Waals surface area contributed by atoms with E-state index >= 15 is 0 Å². The number of nitrogens with zero attached hydrogens (tertiary/aromatic N) is 1. The van der Waals surface area contributed by atoms with E-state index in [1.165, 1.54) is 6.92 Å². The van der Waals surface area contributed by atoms with E-state index in [9.17, 15) is 27.9 Å². The van der Waals surface area contributed by atoms with Crippen molar-refractivity contribution in [3.05, 3.63) is 30.1 Å². The molecule has 10 heteroatoms. The molecule has 0 radical (unpaired) electrons. The van der Waals surface area contributed by atoms with Crippen LogP contribution in [0.15, 0.2) is 24.5 Å². The van der Waals surface area contributed by atoms with Crippen molar-refractivity contribution in [3.8, 4) is 5.75 Å². The molecule has 0 saturated carbocycles. The van der Waals surface area contributed by atoms with Crippen molar-refractivity contribution in [2.75, 3.05) is 6.61 Å². The molecule has 0 bridgehead atoms. The largest absolute Gasteiger partial charge is 1.00 e.